The van der Waals surface area contributed by atoms with Gasteiger partial charge in [-0.25, -0.2) is 4.98 Å². The Morgan fingerprint density at radius 3 is 2.27 bits per heavy atom. The van der Waals surface area contributed by atoms with Crippen LogP contribution in [0.1, 0.15) is 16.7 Å². The smallest absolute Gasteiger partial charge is 0.143 e. The molecule has 3 aromatic rings. The number of nitrogen functional groups attached to an aromatic ring is 1. The first-order valence-corrected chi connectivity index (χ1v) is 9.07. The minimum atomic E-state index is 0.0944. The van der Waals surface area contributed by atoms with Gasteiger partial charge < -0.3 is 5.73 Å². The van der Waals surface area contributed by atoms with Gasteiger partial charge in [-0.2, -0.15) is 10.5 Å². The van der Waals surface area contributed by atoms with Crippen LogP contribution < -0.4 is 5.73 Å². The Bertz CT molecular complexity index is 1040. The zero-order valence-electron chi connectivity index (χ0n) is 13.6. The summed E-state index contributed by atoms with van der Waals surface area (Å²) in [5.74, 6) is 0.729. The fourth-order valence-electron chi connectivity index (χ4n) is 2.56. The molecule has 0 radical (unpaired) electrons. The fourth-order valence-corrected chi connectivity index (χ4v) is 3.74. The second-order valence-electron chi connectivity index (χ2n) is 5.40. The van der Waals surface area contributed by atoms with Gasteiger partial charge in [0.15, 0.2) is 0 Å². The summed E-state index contributed by atoms with van der Waals surface area (Å²) in [6.45, 7) is 0. The second kappa shape index (κ2) is 7.93. The van der Waals surface area contributed by atoms with Crippen LogP contribution in [0, 0.1) is 22.7 Å². The summed E-state index contributed by atoms with van der Waals surface area (Å²) in [5.41, 5.74) is 8.62. The summed E-state index contributed by atoms with van der Waals surface area (Å²) < 4.78 is 0. The Morgan fingerprint density at radius 1 is 0.962 bits per heavy atom. The van der Waals surface area contributed by atoms with E-state index in [4.69, 9.17) is 17.3 Å². The molecule has 2 aromatic carbocycles. The highest BCUT2D eigenvalue weighted by Gasteiger charge is 2.21. The summed E-state index contributed by atoms with van der Waals surface area (Å²) in [6, 6.07) is 21.2. The van der Waals surface area contributed by atoms with Gasteiger partial charge in [0.2, 0.25) is 0 Å². The molecule has 0 aliphatic heterocycles. The zero-order chi connectivity index (χ0) is 18.5. The molecule has 0 bridgehead atoms. The molecule has 0 amide bonds. The lowest BCUT2D eigenvalue weighted by molar-refractivity contribution is 1.11. The van der Waals surface area contributed by atoms with Crippen LogP contribution in [0.25, 0.3) is 11.1 Å². The van der Waals surface area contributed by atoms with Gasteiger partial charge in [0, 0.05) is 21.9 Å². The van der Waals surface area contributed by atoms with Gasteiger partial charge in [-0.1, -0.05) is 60.1 Å². The molecule has 0 saturated carbocycles. The molecule has 0 fully saturated rings. The van der Waals surface area contributed by atoms with E-state index in [1.165, 1.54) is 11.8 Å². The third kappa shape index (κ3) is 3.50. The van der Waals surface area contributed by atoms with Crippen LogP contribution in [0.3, 0.4) is 0 Å². The lowest BCUT2D eigenvalue weighted by atomic mass is 9.97. The van der Waals surface area contributed by atoms with E-state index < -0.39 is 0 Å². The van der Waals surface area contributed by atoms with E-state index >= 15 is 0 Å². The molecule has 0 aliphatic rings. The first-order chi connectivity index (χ1) is 12.7. The third-order valence-corrected chi connectivity index (χ3v) is 5.15. The predicted octanol–water partition coefficient (Wildman–Crippen LogP) is 5.02. The lowest BCUT2D eigenvalue weighted by Crippen LogP contribution is -2.03. The molecular weight excluding hydrogens is 364 g/mol. The third-order valence-electron chi connectivity index (χ3n) is 3.78. The number of thioether (sulfide) groups is 1. The van der Waals surface area contributed by atoms with Crippen LogP contribution in [0.5, 0.6) is 0 Å². The van der Waals surface area contributed by atoms with E-state index in [0.29, 0.717) is 32.5 Å². The summed E-state index contributed by atoms with van der Waals surface area (Å²) in [5, 5.41) is 20.2. The standard InChI is InChI=1S/C20H13ClN4S/c21-17-9-5-4-8-14(17)18-15(10-22)19(24)25-20(16(18)11-23)26-12-13-6-2-1-3-7-13/h1-9H,12H2,(H2,24,25). The van der Waals surface area contributed by atoms with Gasteiger partial charge in [0.1, 0.15) is 28.5 Å². The molecule has 6 heteroatoms. The van der Waals surface area contributed by atoms with Crippen molar-refractivity contribution in [2.75, 3.05) is 5.73 Å². The van der Waals surface area contributed by atoms with E-state index in [1.807, 2.05) is 30.3 Å². The van der Waals surface area contributed by atoms with E-state index in [0.717, 1.165) is 5.56 Å². The molecule has 4 nitrogen and oxygen atoms in total. The molecular formula is C20H13ClN4S. The molecule has 0 atom stereocenters. The van der Waals surface area contributed by atoms with Crippen LogP contribution >= 0.6 is 23.4 Å². The molecule has 0 unspecified atom stereocenters. The highest BCUT2D eigenvalue weighted by atomic mass is 35.5. The minimum absolute atomic E-state index is 0.0944. The number of hydrogen-bond acceptors (Lipinski definition) is 5. The average molecular weight is 377 g/mol. The van der Waals surface area contributed by atoms with Gasteiger partial charge in [-0.05, 0) is 11.6 Å². The number of pyridine rings is 1. The maximum atomic E-state index is 9.76. The number of nitrogens with two attached hydrogens (primary N) is 1. The van der Waals surface area contributed by atoms with Crippen LogP contribution in [0.4, 0.5) is 5.82 Å². The van der Waals surface area contributed by atoms with Gasteiger partial charge >= 0.3 is 0 Å². The number of rotatable bonds is 4. The quantitative estimate of drug-likeness (QED) is 0.646. The van der Waals surface area contributed by atoms with Crippen LogP contribution in [0.15, 0.2) is 59.6 Å². The summed E-state index contributed by atoms with van der Waals surface area (Å²) in [4.78, 5) is 4.30. The number of hydrogen-bond donors (Lipinski definition) is 1. The normalized spacial score (nSPS) is 10.1. The Labute approximate surface area is 160 Å². The van der Waals surface area contributed by atoms with Crippen LogP contribution in [-0.4, -0.2) is 4.98 Å². The van der Waals surface area contributed by atoms with Crippen molar-refractivity contribution in [1.29, 1.82) is 10.5 Å². The highest BCUT2D eigenvalue weighted by molar-refractivity contribution is 7.98. The van der Waals surface area contributed by atoms with Gasteiger partial charge in [-0.3, -0.25) is 0 Å². The van der Waals surface area contributed by atoms with Crippen molar-refractivity contribution in [3.8, 4) is 23.3 Å². The maximum Gasteiger partial charge on any atom is 0.143 e. The lowest BCUT2D eigenvalue weighted by Gasteiger charge is -2.14. The van der Waals surface area contributed by atoms with Crippen molar-refractivity contribution in [2.24, 2.45) is 0 Å². The molecule has 26 heavy (non-hydrogen) atoms. The molecule has 1 heterocycles. The summed E-state index contributed by atoms with van der Waals surface area (Å²) in [6.07, 6.45) is 0. The first kappa shape index (κ1) is 17.8. The van der Waals surface area contributed by atoms with Crippen molar-refractivity contribution in [2.45, 2.75) is 10.8 Å². The SMILES string of the molecule is N#Cc1c(N)nc(SCc2ccccc2)c(C#N)c1-c1ccccc1Cl. The maximum absolute atomic E-state index is 9.76. The van der Waals surface area contributed by atoms with Crippen LogP contribution in [-0.2, 0) is 5.75 Å². The number of halogens is 1. The van der Waals surface area contributed by atoms with Gasteiger partial charge in [-0.15, -0.1) is 11.8 Å². The number of nitrogens with zero attached hydrogens (tertiary/aromatic N) is 3. The molecule has 126 valence electrons. The van der Waals surface area contributed by atoms with Crippen LogP contribution in [0.2, 0.25) is 5.02 Å². The Hall–Kier alpha value is -2.99. The van der Waals surface area contributed by atoms with Gasteiger partial charge in [0.25, 0.3) is 0 Å². The van der Waals surface area contributed by atoms with Crippen molar-refractivity contribution in [3.05, 3.63) is 76.3 Å². The number of aromatic nitrogens is 1. The van der Waals surface area contributed by atoms with Crippen molar-refractivity contribution >= 4 is 29.2 Å². The monoisotopic (exact) mass is 376 g/mol. The molecule has 3 rings (SSSR count). The molecule has 0 saturated heterocycles. The Kier molecular flexibility index (Phi) is 5.43. The summed E-state index contributed by atoms with van der Waals surface area (Å²) >= 11 is 7.71. The topological polar surface area (TPSA) is 86.5 Å². The minimum Gasteiger partial charge on any atom is -0.383 e. The molecule has 0 spiro atoms. The summed E-state index contributed by atoms with van der Waals surface area (Å²) in [7, 11) is 0. The van der Waals surface area contributed by atoms with E-state index in [1.54, 1.807) is 24.3 Å². The van der Waals surface area contributed by atoms with Crippen molar-refractivity contribution in [1.82, 2.24) is 4.98 Å². The Morgan fingerprint density at radius 2 is 1.62 bits per heavy atom. The number of benzene rings is 2. The first-order valence-electron chi connectivity index (χ1n) is 7.71. The largest absolute Gasteiger partial charge is 0.383 e. The van der Waals surface area contributed by atoms with Crippen molar-refractivity contribution < 1.29 is 0 Å². The van der Waals surface area contributed by atoms with E-state index in [9.17, 15) is 10.5 Å². The molecule has 0 aliphatic carbocycles. The Balaban J connectivity index is 2.14. The molecule has 1 aromatic heterocycles. The average Bonchev–Trinajstić information content (AvgIpc) is 2.67. The number of anilines is 1. The highest BCUT2D eigenvalue weighted by Crippen LogP contribution is 2.39. The van der Waals surface area contributed by atoms with E-state index in [-0.39, 0.29) is 11.4 Å². The zero-order valence-corrected chi connectivity index (χ0v) is 15.2. The number of nitriles is 2. The molecule has 2 N–H and O–H groups in total. The van der Waals surface area contributed by atoms with E-state index in [2.05, 4.69) is 17.1 Å². The fraction of sp³-hybridized carbons (Fsp3) is 0.0500. The van der Waals surface area contributed by atoms with Crippen molar-refractivity contribution in [3.63, 3.8) is 0 Å². The predicted molar refractivity (Wildman–Crippen MR) is 105 cm³/mol. The van der Waals surface area contributed by atoms with Gasteiger partial charge in [0.05, 0.1) is 5.56 Å². The second-order valence-corrected chi connectivity index (χ2v) is 6.78.